The number of carbonyl (C=O) groups excluding carboxylic acids is 1. The van der Waals surface area contributed by atoms with Gasteiger partial charge < -0.3 is 4.74 Å². The Labute approximate surface area is 99.1 Å². The highest BCUT2D eigenvalue weighted by atomic mass is 35.5. The number of rotatable bonds is 4. The van der Waals surface area contributed by atoms with Crippen molar-refractivity contribution in [2.24, 2.45) is 0 Å². The number of methoxy groups -OCH3 is 1. The van der Waals surface area contributed by atoms with Gasteiger partial charge >= 0.3 is 0 Å². The van der Waals surface area contributed by atoms with Gasteiger partial charge in [-0.2, -0.15) is 0 Å². The molecule has 0 amide bonds. The fourth-order valence-electron chi connectivity index (χ4n) is 1.08. The largest absolute Gasteiger partial charge is 0.497 e. The molecule has 4 nitrogen and oxygen atoms in total. The van der Waals surface area contributed by atoms with E-state index in [1.807, 2.05) is 0 Å². The van der Waals surface area contributed by atoms with Crippen molar-refractivity contribution < 1.29 is 17.9 Å². The van der Waals surface area contributed by atoms with E-state index in [-0.39, 0.29) is 5.56 Å². The second-order valence-corrected chi connectivity index (χ2v) is 6.06. The molecule has 0 saturated carbocycles. The summed E-state index contributed by atoms with van der Waals surface area (Å²) in [5.41, 5.74) is 0.242. The van der Waals surface area contributed by atoms with Crippen molar-refractivity contribution in [2.45, 2.75) is 4.71 Å². The molecule has 1 aromatic carbocycles. The first-order chi connectivity index (χ1) is 7.36. The molecule has 16 heavy (non-hydrogen) atoms. The van der Waals surface area contributed by atoms with Crippen LogP contribution in [0.5, 0.6) is 5.75 Å². The van der Waals surface area contributed by atoms with E-state index in [2.05, 4.69) is 0 Å². The minimum Gasteiger partial charge on any atom is -0.497 e. The summed E-state index contributed by atoms with van der Waals surface area (Å²) in [5, 5.41) is 0. The quantitative estimate of drug-likeness (QED) is 0.609. The van der Waals surface area contributed by atoms with Crippen LogP contribution in [0.15, 0.2) is 24.3 Å². The Morgan fingerprint density at radius 2 is 1.81 bits per heavy atom. The molecule has 0 heterocycles. The molecule has 1 atom stereocenters. The molecule has 0 bridgehead atoms. The van der Waals surface area contributed by atoms with Crippen LogP contribution < -0.4 is 4.74 Å². The minimum absolute atomic E-state index is 0.242. The topological polar surface area (TPSA) is 60.4 Å². The monoisotopic (exact) mass is 262 g/mol. The first-order valence-electron chi connectivity index (χ1n) is 4.37. The highest BCUT2D eigenvalue weighted by molar-refractivity contribution is 7.93. The Bertz CT molecular complexity index is 478. The van der Waals surface area contributed by atoms with Gasteiger partial charge in [0.15, 0.2) is 20.3 Å². The Hall–Kier alpha value is -1.07. The van der Waals surface area contributed by atoms with Crippen LogP contribution in [-0.4, -0.2) is 32.3 Å². The summed E-state index contributed by atoms with van der Waals surface area (Å²) in [5.74, 6) is -0.0474. The molecule has 1 rings (SSSR count). The maximum absolute atomic E-state index is 11.6. The molecular weight excluding hydrogens is 252 g/mol. The molecule has 6 heteroatoms. The molecule has 0 saturated heterocycles. The van der Waals surface area contributed by atoms with Gasteiger partial charge in [0, 0.05) is 11.8 Å². The van der Waals surface area contributed by atoms with E-state index in [0.717, 1.165) is 6.26 Å². The van der Waals surface area contributed by atoms with Gasteiger partial charge in [-0.15, -0.1) is 0 Å². The number of Topliss-reactive ketones (excluding diaryl/α,β-unsaturated/α-hetero) is 1. The summed E-state index contributed by atoms with van der Waals surface area (Å²) in [6.45, 7) is 0. The van der Waals surface area contributed by atoms with E-state index < -0.39 is 20.3 Å². The van der Waals surface area contributed by atoms with E-state index in [1.165, 1.54) is 19.2 Å². The second-order valence-electron chi connectivity index (χ2n) is 3.24. The maximum atomic E-state index is 11.6. The zero-order valence-electron chi connectivity index (χ0n) is 8.81. The molecule has 0 aliphatic rings. The predicted molar refractivity (Wildman–Crippen MR) is 61.8 cm³/mol. The van der Waals surface area contributed by atoms with E-state index in [0.29, 0.717) is 5.75 Å². The first kappa shape index (κ1) is 13.0. The molecule has 0 fully saturated rings. The summed E-state index contributed by atoms with van der Waals surface area (Å²) in [6, 6.07) is 6.09. The SMILES string of the molecule is COc1ccc(C(=O)[C@@H](Cl)S(C)(=O)=O)cc1. The predicted octanol–water partition coefficient (Wildman–Crippen LogP) is 1.49. The van der Waals surface area contributed by atoms with Crippen molar-refractivity contribution in [1.29, 1.82) is 0 Å². The first-order valence-corrected chi connectivity index (χ1v) is 6.76. The van der Waals surface area contributed by atoms with E-state index in [1.54, 1.807) is 12.1 Å². The standard InChI is InChI=1S/C10H11ClO4S/c1-15-8-5-3-7(4-6-8)9(12)10(11)16(2,13)14/h3-6,10H,1-2H3/t10-/m0/s1. The van der Waals surface area contributed by atoms with Gasteiger partial charge in [-0.1, -0.05) is 11.6 Å². The van der Waals surface area contributed by atoms with Crippen LogP contribution >= 0.6 is 11.6 Å². The molecule has 0 spiro atoms. The smallest absolute Gasteiger partial charge is 0.197 e. The number of alkyl halides is 1. The Kier molecular flexibility index (Phi) is 3.93. The third-order valence-electron chi connectivity index (χ3n) is 1.96. The van der Waals surface area contributed by atoms with Gasteiger partial charge in [-0.25, -0.2) is 8.42 Å². The highest BCUT2D eigenvalue weighted by Gasteiger charge is 2.26. The fraction of sp³-hybridized carbons (Fsp3) is 0.300. The van der Waals surface area contributed by atoms with Crippen molar-refractivity contribution in [3.05, 3.63) is 29.8 Å². The van der Waals surface area contributed by atoms with Crippen LogP contribution in [0.1, 0.15) is 10.4 Å². The number of carbonyl (C=O) groups is 1. The molecule has 88 valence electrons. The molecule has 0 N–H and O–H groups in total. The summed E-state index contributed by atoms with van der Waals surface area (Å²) in [7, 11) is -2.08. The number of hydrogen-bond donors (Lipinski definition) is 0. The van der Waals surface area contributed by atoms with Crippen LogP contribution in [0.4, 0.5) is 0 Å². The molecule has 1 aromatic rings. The van der Waals surface area contributed by atoms with Crippen molar-refractivity contribution in [2.75, 3.05) is 13.4 Å². The van der Waals surface area contributed by atoms with E-state index >= 15 is 0 Å². The van der Waals surface area contributed by atoms with Gasteiger partial charge in [0.1, 0.15) is 5.75 Å². The van der Waals surface area contributed by atoms with Crippen molar-refractivity contribution in [3.8, 4) is 5.75 Å². The number of halogens is 1. The minimum atomic E-state index is -3.58. The molecule has 0 aromatic heterocycles. The normalized spacial score (nSPS) is 13.2. The van der Waals surface area contributed by atoms with Gasteiger partial charge in [0.25, 0.3) is 0 Å². The van der Waals surface area contributed by atoms with Crippen LogP contribution in [0.2, 0.25) is 0 Å². The average Bonchev–Trinajstić information content (AvgIpc) is 2.26. The third kappa shape index (κ3) is 2.96. The third-order valence-corrected chi connectivity index (χ3v) is 4.09. The van der Waals surface area contributed by atoms with E-state index in [9.17, 15) is 13.2 Å². The number of benzene rings is 1. The summed E-state index contributed by atoms with van der Waals surface area (Å²) in [4.78, 5) is 11.6. The lowest BCUT2D eigenvalue weighted by Gasteiger charge is -2.06. The lowest BCUT2D eigenvalue weighted by Crippen LogP contribution is -2.23. The van der Waals surface area contributed by atoms with Crippen LogP contribution in [0.3, 0.4) is 0 Å². The second kappa shape index (κ2) is 4.84. The molecule has 0 radical (unpaired) electrons. The van der Waals surface area contributed by atoms with Crippen LogP contribution in [-0.2, 0) is 9.84 Å². The van der Waals surface area contributed by atoms with Gasteiger partial charge in [-0.05, 0) is 24.3 Å². The maximum Gasteiger partial charge on any atom is 0.197 e. The van der Waals surface area contributed by atoms with E-state index in [4.69, 9.17) is 16.3 Å². The Balaban J connectivity index is 2.97. The van der Waals surface area contributed by atoms with Crippen LogP contribution in [0, 0.1) is 0 Å². The fourth-order valence-corrected chi connectivity index (χ4v) is 1.73. The molecular formula is C10H11ClO4S. The number of sulfone groups is 1. The lowest BCUT2D eigenvalue weighted by atomic mass is 10.1. The van der Waals surface area contributed by atoms with Gasteiger partial charge in [0.2, 0.25) is 0 Å². The lowest BCUT2D eigenvalue weighted by molar-refractivity contribution is 0.101. The molecule has 0 aliphatic heterocycles. The highest BCUT2D eigenvalue weighted by Crippen LogP contribution is 2.16. The van der Waals surface area contributed by atoms with Crippen LogP contribution in [0.25, 0.3) is 0 Å². The zero-order chi connectivity index (χ0) is 12.3. The summed E-state index contributed by atoms with van der Waals surface area (Å²) in [6.07, 6.45) is 0.923. The number of ether oxygens (including phenoxy) is 1. The molecule has 0 unspecified atom stereocenters. The Morgan fingerprint density at radius 3 is 2.19 bits per heavy atom. The Morgan fingerprint density at radius 1 is 1.31 bits per heavy atom. The van der Waals surface area contributed by atoms with Crippen molar-refractivity contribution in [1.82, 2.24) is 0 Å². The zero-order valence-corrected chi connectivity index (χ0v) is 10.4. The average molecular weight is 263 g/mol. The summed E-state index contributed by atoms with van der Waals surface area (Å²) >= 11 is 5.55. The van der Waals surface area contributed by atoms with Crippen molar-refractivity contribution in [3.63, 3.8) is 0 Å². The number of ketones is 1. The summed E-state index contributed by atoms with van der Waals surface area (Å²) < 4.78 is 25.6. The van der Waals surface area contributed by atoms with Gasteiger partial charge in [-0.3, -0.25) is 4.79 Å². The molecule has 0 aliphatic carbocycles. The number of hydrogen-bond acceptors (Lipinski definition) is 4. The van der Waals surface area contributed by atoms with Crippen molar-refractivity contribution >= 4 is 27.2 Å². The van der Waals surface area contributed by atoms with Gasteiger partial charge in [0.05, 0.1) is 7.11 Å².